The van der Waals surface area contributed by atoms with E-state index < -0.39 is 5.97 Å². The van der Waals surface area contributed by atoms with Gasteiger partial charge in [0.2, 0.25) is 0 Å². The minimum absolute atomic E-state index is 0.345. The van der Waals surface area contributed by atoms with Gasteiger partial charge in [-0.15, -0.1) is 0 Å². The van der Waals surface area contributed by atoms with Crippen LogP contribution < -0.4 is 0 Å². The van der Waals surface area contributed by atoms with Crippen LogP contribution in [0.5, 0.6) is 0 Å². The predicted molar refractivity (Wildman–Crippen MR) is 106 cm³/mol. The summed E-state index contributed by atoms with van der Waals surface area (Å²) in [5.74, 6) is -1.28. The Labute approximate surface area is 163 Å². The van der Waals surface area contributed by atoms with Gasteiger partial charge in [0.25, 0.3) is 0 Å². The van der Waals surface area contributed by atoms with E-state index in [1.165, 1.54) is 13.2 Å². The molecule has 2 aromatic rings. The largest absolute Gasteiger partial charge is 0.478 e. The topological polar surface area (TPSA) is 63.6 Å². The van der Waals surface area contributed by atoms with Gasteiger partial charge in [0.05, 0.1) is 7.11 Å². The Bertz CT molecular complexity index is 748. The molecular formula is C19H16Br2O4. The molecule has 0 aromatic heterocycles. The Kier molecular flexibility index (Phi) is 9.50. The first-order chi connectivity index (χ1) is 11.9. The number of benzene rings is 2. The summed E-state index contributed by atoms with van der Waals surface area (Å²) in [4.78, 5) is 20.9. The summed E-state index contributed by atoms with van der Waals surface area (Å²) in [6, 6.07) is 15.0. The van der Waals surface area contributed by atoms with E-state index in [4.69, 9.17) is 5.11 Å². The fourth-order valence-electron chi connectivity index (χ4n) is 1.55. The zero-order valence-electron chi connectivity index (χ0n) is 13.4. The molecule has 0 saturated carbocycles. The standard InChI is InChI=1S/C10H9BrO2.C9H7BrO2/c1-13-10(12)7-4-8-2-5-9(11)6-3-8;10-8-4-1-7(2-5-8)3-6-9(11)12/h2-7H,1H3;1-6H,(H,11,12)/b7-4+;6-3+. The van der Waals surface area contributed by atoms with Crippen molar-refractivity contribution in [2.75, 3.05) is 7.11 Å². The molecule has 0 fully saturated rings. The van der Waals surface area contributed by atoms with Gasteiger partial charge in [0, 0.05) is 21.1 Å². The van der Waals surface area contributed by atoms with E-state index in [-0.39, 0.29) is 5.97 Å². The van der Waals surface area contributed by atoms with Crippen LogP contribution in [0.25, 0.3) is 12.2 Å². The summed E-state index contributed by atoms with van der Waals surface area (Å²) in [6.07, 6.45) is 5.76. The number of esters is 1. The van der Waals surface area contributed by atoms with Crippen molar-refractivity contribution in [2.45, 2.75) is 0 Å². The van der Waals surface area contributed by atoms with E-state index in [1.807, 2.05) is 48.5 Å². The number of methoxy groups -OCH3 is 1. The molecule has 0 bridgehead atoms. The van der Waals surface area contributed by atoms with Crippen LogP contribution in [0.4, 0.5) is 0 Å². The van der Waals surface area contributed by atoms with E-state index in [1.54, 1.807) is 12.2 Å². The van der Waals surface area contributed by atoms with E-state index in [0.717, 1.165) is 26.1 Å². The second-order valence-electron chi connectivity index (χ2n) is 4.63. The third kappa shape index (κ3) is 9.64. The molecule has 130 valence electrons. The number of hydrogen-bond donors (Lipinski definition) is 1. The van der Waals surface area contributed by atoms with Crippen molar-refractivity contribution >= 4 is 56.0 Å². The summed E-state index contributed by atoms with van der Waals surface area (Å²) in [5, 5.41) is 8.33. The van der Waals surface area contributed by atoms with Crippen LogP contribution in [0.1, 0.15) is 11.1 Å². The summed E-state index contributed by atoms with van der Waals surface area (Å²) in [5.41, 5.74) is 1.84. The molecule has 1 N–H and O–H groups in total. The summed E-state index contributed by atoms with van der Waals surface area (Å²) >= 11 is 6.61. The molecule has 0 unspecified atom stereocenters. The first kappa shape index (κ1) is 20.9. The first-order valence-electron chi connectivity index (χ1n) is 7.09. The number of hydrogen-bond acceptors (Lipinski definition) is 3. The third-order valence-corrected chi connectivity index (χ3v) is 3.83. The Balaban J connectivity index is 0.000000251. The minimum atomic E-state index is -0.932. The molecule has 0 atom stereocenters. The van der Waals surface area contributed by atoms with E-state index in [0.29, 0.717) is 0 Å². The Hall–Kier alpha value is -2.18. The second-order valence-corrected chi connectivity index (χ2v) is 6.46. The van der Waals surface area contributed by atoms with Gasteiger partial charge in [-0.3, -0.25) is 0 Å². The van der Waals surface area contributed by atoms with Crippen LogP contribution in [0, 0.1) is 0 Å². The van der Waals surface area contributed by atoms with Crippen molar-refractivity contribution in [3.63, 3.8) is 0 Å². The lowest BCUT2D eigenvalue weighted by Crippen LogP contribution is -1.93. The highest BCUT2D eigenvalue weighted by molar-refractivity contribution is 9.10. The number of rotatable bonds is 4. The smallest absolute Gasteiger partial charge is 0.330 e. The fraction of sp³-hybridized carbons (Fsp3) is 0.0526. The normalized spacial score (nSPS) is 10.4. The van der Waals surface area contributed by atoms with Crippen molar-refractivity contribution < 1.29 is 19.4 Å². The van der Waals surface area contributed by atoms with Gasteiger partial charge in [-0.05, 0) is 47.5 Å². The maximum atomic E-state index is 10.7. The van der Waals surface area contributed by atoms with Crippen LogP contribution in [-0.4, -0.2) is 24.2 Å². The summed E-state index contributed by atoms with van der Waals surface area (Å²) in [7, 11) is 1.36. The molecule has 6 heteroatoms. The van der Waals surface area contributed by atoms with Crippen LogP contribution in [-0.2, 0) is 14.3 Å². The zero-order valence-corrected chi connectivity index (χ0v) is 16.5. The number of halogens is 2. The highest BCUT2D eigenvalue weighted by atomic mass is 79.9. The van der Waals surface area contributed by atoms with Crippen molar-refractivity contribution in [3.05, 3.63) is 80.8 Å². The molecule has 0 aliphatic carbocycles. The maximum absolute atomic E-state index is 10.7. The van der Waals surface area contributed by atoms with Crippen LogP contribution in [0.15, 0.2) is 69.6 Å². The number of carboxylic acid groups (broad SMARTS) is 1. The molecule has 0 aliphatic heterocycles. The van der Waals surface area contributed by atoms with Gasteiger partial charge in [0.1, 0.15) is 0 Å². The fourth-order valence-corrected chi connectivity index (χ4v) is 2.08. The zero-order chi connectivity index (χ0) is 18.7. The molecule has 4 nitrogen and oxygen atoms in total. The molecule has 0 spiro atoms. The van der Waals surface area contributed by atoms with Crippen LogP contribution >= 0.6 is 31.9 Å². The van der Waals surface area contributed by atoms with Gasteiger partial charge >= 0.3 is 11.9 Å². The quantitative estimate of drug-likeness (QED) is 0.496. The predicted octanol–water partition coefficient (Wildman–Crippen LogP) is 5.18. The number of carbonyl (C=O) groups excluding carboxylic acids is 1. The van der Waals surface area contributed by atoms with Gasteiger partial charge < -0.3 is 9.84 Å². The second kappa shape index (κ2) is 11.4. The molecule has 2 rings (SSSR count). The molecule has 0 saturated heterocycles. The Morgan fingerprint density at radius 1 is 0.840 bits per heavy atom. The first-order valence-corrected chi connectivity index (χ1v) is 8.67. The molecular weight excluding hydrogens is 452 g/mol. The number of ether oxygens (including phenoxy) is 1. The molecule has 25 heavy (non-hydrogen) atoms. The van der Waals surface area contributed by atoms with Gasteiger partial charge in [0.15, 0.2) is 0 Å². The highest BCUT2D eigenvalue weighted by Gasteiger charge is 1.91. The lowest BCUT2D eigenvalue weighted by atomic mass is 10.2. The maximum Gasteiger partial charge on any atom is 0.330 e. The lowest BCUT2D eigenvalue weighted by Gasteiger charge is -1.93. The van der Waals surface area contributed by atoms with Gasteiger partial charge in [-0.2, -0.15) is 0 Å². The van der Waals surface area contributed by atoms with Crippen LogP contribution in [0.2, 0.25) is 0 Å². The number of carboxylic acids is 1. The number of aliphatic carboxylic acids is 1. The van der Waals surface area contributed by atoms with Crippen LogP contribution in [0.3, 0.4) is 0 Å². The Morgan fingerprint density at radius 2 is 1.24 bits per heavy atom. The Morgan fingerprint density at radius 3 is 1.60 bits per heavy atom. The van der Waals surface area contributed by atoms with E-state index in [9.17, 15) is 9.59 Å². The summed E-state index contributed by atoms with van der Waals surface area (Å²) < 4.78 is 6.46. The van der Waals surface area contributed by atoms with Gasteiger partial charge in [-0.1, -0.05) is 56.1 Å². The van der Waals surface area contributed by atoms with Crippen molar-refractivity contribution in [2.24, 2.45) is 0 Å². The van der Waals surface area contributed by atoms with E-state index >= 15 is 0 Å². The van der Waals surface area contributed by atoms with Gasteiger partial charge in [-0.25, -0.2) is 9.59 Å². The molecule has 2 aromatic carbocycles. The highest BCUT2D eigenvalue weighted by Crippen LogP contribution is 2.12. The third-order valence-electron chi connectivity index (χ3n) is 2.77. The van der Waals surface area contributed by atoms with Crippen molar-refractivity contribution in [1.82, 2.24) is 0 Å². The molecule has 0 amide bonds. The number of carbonyl (C=O) groups is 2. The van der Waals surface area contributed by atoms with Crippen molar-refractivity contribution in [3.8, 4) is 0 Å². The molecule has 0 heterocycles. The van der Waals surface area contributed by atoms with E-state index in [2.05, 4.69) is 36.6 Å². The minimum Gasteiger partial charge on any atom is -0.478 e. The average Bonchev–Trinajstić information content (AvgIpc) is 2.61. The summed E-state index contributed by atoms with van der Waals surface area (Å²) in [6.45, 7) is 0. The SMILES string of the molecule is COC(=O)/C=C/c1ccc(Br)cc1.O=C(O)/C=C/c1ccc(Br)cc1. The monoisotopic (exact) mass is 466 g/mol. The average molecular weight is 468 g/mol. The lowest BCUT2D eigenvalue weighted by molar-refractivity contribution is -0.135. The van der Waals surface area contributed by atoms with Crippen molar-refractivity contribution in [1.29, 1.82) is 0 Å². The molecule has 0 aliphatic rings. The molecule has 0 radical (unpaired) electrons.